The van der Waals surface area contributed by atoms with Crippen molar-refractivity contribution in [1.29, 1.82) is 0 Å². The lowest BCUT2D eigenvalue weighted by Crippen LogP contribution is -1.85. The molecule has 0 saturated carbocycles. The van der Waals surface area contributed by atoms with Crippen LogP contribution in [0.25, 0.3) is 0 Å². The van der Waals surface area contributed by atoms with Gasteiger partial charge in [-0.1, -0.05) is 25.0 Å². The van der Waals surface area contributed by atoms with E-state index in [0.717, 1.165) is 17.6 Å². The third kappa shape index (κ3) is 2.11. The van der Waals surface area contributed by atoms with Crippen molar-refractivity contribution in [3.05, 3.63) is 23.3 Å². The third-order valence-electron chi connectivity index (χ3n) is 1.53. The highest BCUT2D eigenvalue weighted by atomic mass is 14.0. The van der Waals surface area contributed by atoms with E-state index in [1.54, 1.807) is 0 Å². The molecular weight excluding hydrogens is 120 g/mol. The summed E-state index contributed by atoms with van der Waals surface area (Å²) < 4.78 is 0. The average Bonchev–Trinajstić information content (AvgIpc) is 1.88. The Bertz CT molecular complexity index is 199. The number of terminal acetylenes is 1. The number of rotatable bonds is 2. The maximum atomic E-state index is 5.28. The van der Waals surface area contributed by atoms with Crippen molar-refractivity contribution in [2.45, 2.75) is 27.2 Å². The van der Waals surface area contributed by atoms with Gasteiger partial charge in [0.2, 0.25) is 0 Å². The molecule has 0 aliphatic carbocycles. The Kier molecular flexibility index (Phi) is 3.57. The summed E-state index contributed by atoms with van der Waals surface area (Å²) in [4.78, 5) is 0. The number of hydrogen-bond acceptors (Lipinski definition) is 0. The SMILES string of the molecule is C#CC(C(=C)C)=C(C)CC. The van der Waals surface area contributed by atoms with Gasteiger partial charge in [-0.2, -0.15) is 0 Å². The molecule has 0 rings (SSSR count). The van der Waals surface area contributed by atoms with Gasteiger partial charge in [0.05, 0.1) is 0 Å². The van der Waals surface area contributed by atoms with Gasteiger partial charge in [0.25, 0.3) is 0 Å². The molecule has 0 nitrogen and oxygen atoms in total. The summed E-state index contributed by atoms with van der Waals surface area (Å²) in [6.45, 7) is 9.87. The molecule has 0 unspecified atom stereocenters. The van der Waals surface area contributed by atoms with Crippen LogP contribution in [-0.2, 0) is 0 Å². The van der Waals surface area contributed by atoms with Crippen molar-refractivity contribution in [3.63, 3.8) is 0 Å². The number of allylic oxidation sites excluding steroid dienone is 3. The van der Waals surface area contributed by atoms with Crippen LogP contribution in [0.3, 0.4) is 0 Å². The van der Waals surface area contributed by atoms with Crippen molar-refractivity contribution >= 4 is 0 Å². The molecule has 0 saturated heterocycles. The highest BCUT2D eigenvalue weighted by molar-refractivity contribution is 5.44. The summed E-state index contributed by atoms with van der Waals surface area (Å²) in [5.41, 5.74) is 3.21. The van der Waals surface area contributed by atoms with Crippen LogP contribution in [0.4, 0.5) is 0 Å². The van der Waals surface area contributed by atoms with E-state index in [4.69, 9.17) is 6.42 Å². The van der Waals surface area contributed by atoms with Crippen molar-refractivity contribution in [3.8, 4) is 12.3 Å². The minimum atomic E-state index is 0.975. The Morgan fingerprint density at radius 2 is 2.00 bits per heavy atom. The first kappa shape index (κ1) is 9.04. The van der Waals surface area contributed by atoms with Gasteiger partial charge in [-0.25, -0.2) is 0 Å². The average molecular weight is 134 g/mol. The van der Waals surface area contributed by atoms with Gasteiger partial charge in [-0.15, -0.1) is 6.42 Å². The molecule has 0 heteroatoms. The minimum absolute atomic E-state index is 0.975. The van der Waals surface area contributed by atoms with Gasteiger partial charge in [0, 0.05) is 5.57 Å². The van der Waals surface area contributed by atoms with E-state index >= 15 is 0 Å². The van der Waals surface area contributed by atoms with E-state index < -0.39 is 0 Å². The second kappa shape index (κ2) is 3.95. The topological polar surface area (TPSA) is 0 Å². The van der Waals surface area contributed by atoms with Crippen LogP contribution in [0.2, 0.25) is 0 Å². The molecule has 0 aliphatic heterocycles. The molecule has 0 aromatic carbocycles. The first-order chi connectivity index (χ1) is 4.63. The monoisotopic (exact) mass is 134 g/mol. The predicted octanol–water partition coefficient (Wildman–Crippen LogP) is 2.92. The fourth-order valence-corrected chi connectivity index (χ4v) is 0.787. The van der Waals surface area contributed by atoms with Crippen LogP contribution in [0.5, 0.6) is 0 Å². The second-order valence-electron chi connectivity index (χ2n) is 2.43. The Labute approximate surface area is 63.6 Å². The smallest absolute Gasteiger partial charge is 0.0255 e. The van der Waals surface area contributed by atoms with Gasteiger partial charge >= 0.3 is 0 Å². The van der Waals surface area contributed by atoms with E-state index in [-0.39, 0.29) is 0 Å². The summed E-state index contributed by atoms with van der Waals surface area (Å²) in [5.74, 6) is 2.63. The van der Waals surface area contributed by atoms with Crippen LogP contribution in [0.15, 0.2) is 23.3 Å². The zero-order valence-corrected chi connectivity index (χ0v) is 6.99. The van der Waals surface area contributed by atoms with Gasteiger partial charge in [-0.05, 0) is 25.8 Å². The number of hydrogen-bond donors (Lipinski definition) is 0. The van der Waals surface area contributed by atoms with Crippen molar-refractivity contribution < 1.29 is 0 Å². The van der Waals surface area contributed by atoms with Gasteiger partial charge in [-0.3, -0.25) is 0 Å². The largest absolute Gasteiger partial charge is 0.115 e. The molecule has 0 heterocycles. The Morgan fingerprint density at radius 3 is 2.10 bits per heavy atom. The Morgan fingerprint density at radius 1 is 1.50 bits per heavy atom. The molecule has 0 atom stereocenters. The van der Waals surface area contributed by atoms with Gasteiger partial charge < -0.3 is 0 Å². The maximum absolute atomic E-state index is 5.28. The quantitative estimate of drug-likeness (QED) is 0.402. The van der Waals surface area contributed by atoms with E-state index in [9.17, 15) is 0 Å². The first-order valence-corrected chi connectivity index (χ1v) is 3.45. The van der Waals surface area contributed by atoms with E-state index in [0.29, 0.717) is 0 Å². The lowest BCUT2D eigenvalue weighted by Gasteiger charge is -2.01. The summed E-state index contributed by atoms with van der Waals surface area (Å²) >= 11 is 0. The predicted molar refractivity (Wildman–Crippen MR) is 46.6 cm³/mol. The molecule has 0 N–H and O–H groups in total. The molecule has 54 valence electrons. The Balaban J connectivity index is 4.68. The van der Waals surface area contributed by atoms with Gasteiger partial charge in [0.1, 0.15) is 0 Å². The molecule has 0 amide bonds. The fraction of sp³-hybridized carbons (Fsp3) is 0.400. The highest BCUT2D eigenvalue weighted by Gasteiger charge is 1.96. The summed E-state index contributed by atoms with van der Waals surface area (Å²) in [7, 11) is 0. The van der Waals surface area contributed by atoms with Crippen molar-refractivity contribution in [1.82, 2.24) is 0 Å². The molecule has 0 fully saturated rings. The van der Waals surface area contributed by atoms with Gasteiger partial charge in [0.15, 0.2) is 0 Å². The van der Waals surface area contributed by atoms with Crippen molar-refractivity contribution in [2.24, 2.45) is 0 Å². The molecule has 0 radical (unpaired) electrons. The maximum Gasteiger partial charge on any atom is 0.0255 e. The third-order valence-corrected chi connectivity index (χ3v) is 1.53. The summed E-state index contributed by atoms with van der Waals surface area (Å²) in [6.07, 6.45) is 6.29. The zero-order chi connectivity index (χ0) is 8.15. The minimum Gasteiger partial charge on any atom is -0.115 e. The van der Waals surface area contributed by atoms with Crippen LogP contribution < -0.4 is 0 Å². The van der Waals surface area contributed by atoms with Crippen molar-refractivity contribution in [2.75, 3.05) is 0 Å². The second-order valence-corrected chi connectivity index (χ2v) is 2.43. The lowest BCUT2D eigenvalue weighted by molar-refractivity contribution is 1.08. The molecular formula is C10H14. The van der Waals surface area contributed by atoms with E-state index in [1.807, 2.05) is 13.8 Å². The standard InChI is InChI=1S/C10H14/c1-6-9(5)10(7-2)8(3)4/h2H,3,6H2,1,4-5H3. The first-order valence-electron chi connectivity index (χ1n) is 3.45. The van der Waals surface area contributed by atoms with Crippen LogP contribution in [0.1, 0.15) is 27.2 Å². The fourth-order valence-electron chi connectivity index (χ4n) is 0.787. The zero-order valence-electron chi connectivity index (χ0n) is 6.99. The molecule has 0 bridgehead atoms. The molecule has 0 aliphatic rings. The van der Waals surface area contributed by atoms with E-state index in [1.165, 1.54) is 5.57 Å². The molecule has 0 spiro atoms. The summed E-state index contributed by atoms with van der Waals surface area (Å²) in [6, 6.07) is 0. The normalized spacial score (nSPS) is 11.8. The lowest BCUT2D eigenvalue weighted by atomic mass is 10.0. The van der Waals surface area contributed by atoms with Crippen LogP contribution in [-0.4, -0.2) is 0 Å². The Hall–Kier alpha value is -0.960. The van der Waals surface area contributed by atoms with E-state index in [2.05, 4.69) is 19.4 Å². The van der Waals surface area contributed by atoms with Crippen LogP contribution in [0, 0.1) is 12.3 Å². The van der Waals surface area contributed by atoms with Crippen LogP contribution >= 0.6 is 0 Å². The summed E-state index contributed by atoms with van der Waals surface area (Å²) in [5, 5.41) is 0. The molecule has 0 aromatic rings. The highest BCUT2D eigenvalue weighted by Crippen LogP contribution is 2.13. The molecule has 0 aromatic heterocycles. The molecule has 10 heavy (non-hydrogen) atoms.